The molecule has 0 bridgehead atoms. The van der Waals surface area contributed by atoms with Gasteiger partial charge in [0.2, 0.25) is 0 Å². The molecule has 0 fully saturated rings. The molecule has 1 N–H and O–H groups in total. The Kier molecular flexibility index (Phi) is 3.63. The Morgan fingerprint density at radius 3 is 3.00 bits per heavy atom. The number of hydrogen-bond donors (Lipinski definition) is 1. The third-order valence-corrected chi connectivity index (χ3v) is 3.38. The van der Waals surface area contributed by atoms with Gasteiger partial charge in [-0.25, -0.2) is 0 Å². The fourth-order valence-electron chi connectivity index (χ4n) is 2.32. The molecule has 0 saturated heterocycles. The number of nitrogens with zero attached hydrogens (tertiary/aromatic N) is 1. The van der Waals surface area contributed by atoms with Gasteiger partial charge in [0.05, 0.1) is 0 Å². The van der Waals surface area contributed by atoms with Gasteiger partial charge in [-0.1, -0.05) is 24.3 Å². The molecule has 102 valence electrons. The van der Waals surface area contributed by atoms with Crippen molar-refractivity contribution in [2.45, 2.75) is 18.9 Å². The molecule has 3 rings (SSSR count). The number of hydrogen-bond acceptors (Lipinski definition) is 3. The maximum atomic E-state index is 12.1. The number of aromatic nitrogens is 1. The van der Waals surface area contributed by atoms with Gasteiger partial charge >= 0.3 is 0 Å². The Bertz CT molecular complexity index is 573. The first-order chi connectivity index (χ1) is 9.83. The Balaban J connectivity index is 1.49. The van der Waals surface area contributed by atoms with Crippen LogP contribution < -0.4 is 10.1 Å². The van der Waals surface area contributed by atoms with Gasteiger partial charge in [-0.05, 0) is 29.7 Å². The number of carbonyl (C=O) groups excluding carboxylic acids is 1. The summed E-state index contributed by atoms with van der Waals surface area (Å²) in [6, 6.07) is 11.7. The molecule has 0 spiro atoms. The van der Waals surface area contributed by atoms with E-state index in [1.807, 2.05) is 42.6 Å². The zero-order chi connectivity index (χ0) is 13.8. The quantitative estimate of drug-likeness (QED) is 0.919. The SMILES string of the molecule is O=C(NCCc1cccnc1)C1Cc2ccccc2O1. The number of amides is 1. The summed E-state index contributed by atoms with van der Waals surface area (Å²) in [5.41, 5.74) is 2.21. The van der Waals surface area contributed by atoms with Gasteiger partial charge in [0.1, 0.15) is 5.75 Å². The van der Waals surface area contributed by atoms with Crippen LogP contribution in [0.1, 0.15) is 11.1 Å². The lowest BCUT2D eigenvalue weighted by Crippen LogP contribution is -2.38. The summed E-state index contributed by atoms with van der Waals surface area (Å²) in [5.74, 6) is 0.769. The van der Waals surface area contributed by atoms with Crippen LogP contribution in [0.3, 0.4) is 0 Å². The van der Waals surface area contributed by atoms with Gasteiger partial charge in [-0.2, -0.15) is 0 Å². The third kappa shape index (κ3) is 2.79. The fourth-order valence-corrected chi connectivity index (χ4v) is 2.32. The van der Waals surface area contributed by atoms with Gasteiger partial charge in [-0.3, -0.25) is 9.78 Å². The van der Waals surface area contributed by atoms with Crippen molar-refractivity contribution in [1.82, 2.24) is 10.3 Å². The number of carbonyl (C=O) groups is 1. The molecule has 20 heavy (non-hydrogen) atoms. The zero-order valence-corrected chi connectivity index (χ0v) is 11.1. The summed E-state index contributed by atoms with van der Waals surface area (Å²) < 4.78 is 5.65. The molecule has 4 heteroatoms. The molecular formula is C16H16N2O2. The van der Waals surface area contributed by atoms with Crippen LogP contribution in [0.2, 0.25) is 0 Å². The van der Waals surface area contributed by atoms with E-state index >= 15 is 0 Å². The second kappa shape index (κ2) is 5.74. The van der Waals surface area contributed by atoms with E-state index in [4.69, 9.17) is 4.74 Å². The molecule has 1 unspecified atom stereocenters. The minimum absolute atomic E-state index is 0.0508. The van der Waals surface area contributed by atoms with E-state index in [0.717, 1.165) is 23.3 Å². The largest absolute Gasteiger partial charge is 0.480 e. The molecule has 2 aromatic rings. The smallest absolute Gasteiger partial charge is 0.261 e. The minimum atomic E-state index is -0.402. The van der Waals surface area contributed by atoms with Gasteiger partial charge < -0.3 is 10.1 Å². The highest BCUT2D eigenvalue weighted by Crippen LogP contribution is 2.27. The molecule has 1 atom stereocenters. The average Bonchev–Trinajstić information content (AvgIpc) is 2.92. The Morgan fingerprint density at radius 2 is 2.20 bits per heavy atom. The zero-order valence-electron chi connectivity index (χ0n) is 11.1. The maximum absolute atomic E-state index is 12.1. The van der Waals surface area contributed by atoms with Crippen molar-refractivity contribution < 1.29 is 9.53 Å². The summed E-state index contributed by atoms with van der Waals surface area (Å²) in [7, 11) is 0. The van der Waals surface area contributed by atoms with Crippen molar-refractivity contribution >= 4 is 5.91 Å². The molecular weight excluding hydrogens is 252 g/mol. The first-order valence-electron chi connectivity index (χ1n) is 6.74. The molecule has 1 aliphatic rings. The molecule has 2 heterocycles. The number of benzene rings is 1. The van der Waals surface area contributed by atoms with Crippen LogP contribution >= 0.6 is 0 Å². The van der Waals surface area contributed by atoms with E-state index in [2.05, 4.69) is 10.3 Å². The normalized spacial score (nSPS) is 16.3. The summed E-state index contributed by atoms with van der Waals surface area (Å²) in [5, 5.41) is 2.92. The van der Waals surface area contributed by atoms with Gasteiger partial charge in [0.15, 0.2) is 6.10 Å². The van der Waals surface area contributed by atoms with Crippen LogP contribution in [-0.4, -0.2) is 23.5 Å². The van der Waals surface area contributed by atoms with Crippen LogP contribution in [0.4, 0.5) is 0 Å². The lowest BCUT2D eigenvalue weighted by atomic mass is 10.1. The lowest BCUT2D eigenvalue weighted by Gasteiger charge is -2.11. The molecule has 1 aromatic heterocycles. The second-order valence-electron chi connectivity index (χ2n) is 4.82. The molecule has 1 amide bonds. The number of nitrogens with one attached hydrogen (secondary N) is 1. The van der Waals surface area contributed by atoms with Crippen molar-refractivity contribution in [2.24, 2.45) is 0 Å². The first-order valence-corrected chi connectivity index (χ1v) is 6.74. The van der Waals surface area contributed by atoms with E-state index in [9.17, 15) is 4.79 Å². The Morgan fingerprint density at radius 1 is 1.30 bits per heavy atom. The summed E-state index contributed by atoms with van der Waals surface area (Å²) >= 11 is 0. The minimum Gasteiger partial charge on any atom is -0.480 e. The fraction of sp³-hybridized carbons (Fsp3) is 0.250. The summed E-state index contributed by atoms with van der Waals surface area (Å²) in [6.45, 7) is 0.598. The van der Waals surface area contributed by atoms with Crippen molar-refractivity contribution in [3.63, 3.8) is 0 Å². The van der Waals surface area contributed by atoms with Crippen LogP contribution in [0.15, 0.2) is 48.8 Å². The average molecular weight is 268 g/mol. The molecule has 1 aromatic carbocycles. The molecule has 0 aliphatic carbocycles. The van der Waals surface area contributed by atoms with Crippen molar-refractivity contribution in [2.75, 3.05) is 6.54 Å². The summed E-state index contributed by atoms with van der Waals surface area (Å²) in [4.78, 5) is 16.1. The molecule has 0 radical (unpaired) electrons. The van der Waals surface area contributed by atoms with E-state index in [1.54, 1.807) is 6.20 Å². The molecule has 0 saturated carbocycles. The predicted molar refractivity (Wildman–Crippen MR) is 75.5 cm³/mol. The monoisotopic (exact) mass is 268 g/mol. The highest BCUT2D eigenvalue weighted by Gasteiger charge is 2.28. The molecule has 1 aliphatic heterocycles. The van der Waals surface area contributed by atoms with Crippen LogP contribution in [0, 0.1) is 0 Å². The standard InChI is InChI=1S/C16H16N2O2/c19-16(18-9-7-12-4-3-8-17-11-12)15-10-13-5-1-2-6-14(13)20-15/h1-6,8,11,15H,7,9-10H2,(H,18,19). The number of fused-ring (bicyclic) bond motifs is 1. The van der Waals surface area contributed by atoms with E-state index in [0.29, 0.717) is 13.0 Å². The Hall–Kier alpha value is -2.36. The van der Waals surface area contributed by atoms with E-state index in [-0.39, 0.29) is 5.91 Å². The predicted octanol–water partition coefficient (Wildman–Crippen LogP) is 1.74. The van der Waals surface area contributed by atoms with Crippen LogP contribution in [0.25, 0.3) is 0 Å². The highest BCUT2D eigenvalue weighted by molar-refractivity contribution is 5.82. The van der Waals surface area contributed by atoms with Gasteiger partial charge in [0.25, 0.3) is 5.91 Å². The number of pyridine rings is 1. The Labute approximate surface area is 117 Å². The lowest BCUT2D eigenvalue weighted by molar-refractivity contribution is -0.127. The maximum Gasteiger partial charge on any atom is 0.261 e. The highest BCUT2D eigenvalue weighted by atomic mass is 16.5. The van der Waals surface area contributed by atoms with Crippen molar-refractivity contribution in [3.05, 3.63) is 59.9 Å². The van der Waals surface area contributed by atoms with Gasteiger partial charge in [0, 0.05) is 25.4 Å². The van der Waals surface area contributed by atoms with Gasteiger partial charge in [-0.15, -0.1) is 0 Å². The van der Waals surface area contributed by atoms with Crippen LogP contribution in [0.5, 0.6) is 5.75 Å². The van der Waals surface area contributed by atoms with Crippen LogP contribution in [-0.2, 0) is 17.6 Å². The van der Waals surface area contributed by atoms with Crippen molar-refractivity contribution in [1.29, 1.82) is 0 Å². The molecule has 4 nitrogen and oxygen atoms in total. The van der Waals surface area contributed by atoms with E-state index < -0.39 is 6.10 Å². The van der Waals surface area contributed by atoms with Crippen molar-refractivity contribution in [3.8, 4) is 5.75 Å². The summed E-state index contributed by atoms with van der Waals surface area (Å²) in [6.07, 6.45) is 4.58. The third-order valence-electron chi connectivity index (χ3n) is 3.38. The number of rotatable bonds is 4. The number of ether oxygens (including phenoxy) is 1. The second-order valence-corrected chi connectivity index (χ2v) is 4.82. The first kappa shape index (κ1) is 12.7. The topological polar surface area (TPSA) is 51.2 Å². The van der Waals surface area contributed by atoms with E-state index in [1.165, 1.54) is 0 Å². The number of para-hydroxylation sites is 1.